The first kappa shape index (κ1) is 17.0. The molecule has 0 saturated carbocycles. The van der Waals surface area contributed by atoms with Crippen LogP contribution in [0.1, 0.15) is 31.7 Å². The van der Waals surface area contributed by atoms with Crippen molar-refractivity contribution in [2.24, 2.45) is 10.3 Å². The van der Waals surface area contributed by atoms with Gasteiger partial charge in [0.1, 0.15) is 17.2 Å². The van der Waals surface area contributed by atoms with Gasteiger partial charge in [0.05, 0.1) is 13.7 Å². The average molecular weight is 294 g/mol. The Hall–Kier alpha value is -2.08. The molecule has 0 spiro atoms. The molecule has 1 aromatic carbocycles. The fourth-order valence-corrected chi connectivity index (χ4v) is 1.84. The summed E-state index contributed by atoms with van der Waals surface area (Å²) in [4.78, 5) is 0. The van der Waals surface area contributed by atoms with Crippen molar-refractivity contribution in [3.05, 3.63) is 29.8 Å². The summed E-state index contributed by atoms with van der Waals surface area (Å²) in [6.07, 6.45) is 1.71. The number of hydrogen-bond acceptors (Lipinski definition) is 6. The second kappa shape index (κ2) is 9.77. The molecule has 0 saturated heterocycles. The van der Waals surface area contributed by atoms with E-state index in [9.17, 15) is 0 Å². The van der Waals surface area contributed by atoms with E-state index in [-0.39, 0.29) is 0 Å². The van der Waals surface area contributed by atoms with Crippen molar-refractivity contribution >= 4 is 11.4 Å². The van der Waals surface area contributed by atoms with E-state index in [0.717, 1.165) is 11.3 Å². The second-order valence-electron chi connectivity index (χ2n) is 4.45. The number of oxime groups is 2. The quantitative estimate of drug-likeness (QED) is 0.317. The lowest BCUT2D eigenvalue weighted by atomic mass is 10.1. The minimum atomic E-state index is 0.396. The van der Waals surface area contributed by atoms with Gasteiger partial charge in [-0.1, -0.05) is 29.4 Å². The van der Waals surface area contributed by atoms with Crippen molar-refractivity contribution in [2.75, 3.05) is 13.7 Å². The molecule has 6 heteroatoms. The Morgan fingerprint density at radius 1 is 1.10 bits per heavy atom. The highest BCUT2D eigenvalue weighted by Crippen LogP contribution is 2.12. The predicted molar refractivity (Wildman–Crippen MR) is 80.6 cm³/mol. The van der Waals surface area contributed by atoms with E-state index >= 15 is 0 Å². The number of methoxy groups -OCH3 is 1. The zero-order chi connectivity index (χ0) is 15.5. The van der Waals surface area contributed by atoms with Crippen LogP contribution in [0.4, 0.5) is 0 Å². The van der Waals surface area contributed by atoms with E-state index in [1.54, 1.807) is 7.11 Å². The summed E-state index contributed by atoms with van der Waals surface area (Å²) in [6.45, 7) is 2.89. The summed E-state index contributed by atoms with van der Waals surface area (Å²) in [7, 11) is 1.63. The van der Waals surface area contributed by atoms with Gasteiger partial charge in [0.25, 0.3) is 0 Å². The zero-order valence-corrected chi connectivity index (χ0v) is 12.5. The predicted octanol–water partition coefficient (Wildman–Crippen LogP) is 3.06. The van der Waals surface area contributed by atoms with Crippen LogP contribution in [-0.2, 0) is 11.3 Å². The summed E-state index contributed by atoms with van der Waals surface area (Å²) < 4.78 is 10.6. The maximum absolute atomic E-state index is 8.89. The molecule has 6 nitrogen and oxygen atoms in total. The minimum Gasteiger partial charge on any atom is -0.497 e. The monoisotopic (exact) mass is 294 g/mol. The Bertz CT molecular complexity index is 469. The molecule has 0 aromatic heterocycles. The molecule has 2 N–H and O–H groups in total. The summed E-state index contributed by atoms with van der Waals surface area (Å²) in [5.74, 6) is 0.818. The first-order chi connectivity index (χ1) is 10.2. The Morgan fingerprint density at radius 3 is 2.29 bits per heavy atom. The largest absolute Gasteiger partial charge is 0.497 e. The highest BCUT2D eigenvalue weighted by atomic mass is 16.5. The molecule has 0 unspecified atom stereocenters. The van der Waals surface area contributed by atoms with Crippen molar-refractivity contribution in [1.29, 1.82) is 0 Å². The minimum absolute atomic E-state index is 0.396. The summed E-state index contributed by atoms with van der Waals surface area (Å²) in [5, 5.41) is 23.9. The first-order valence-electron chi connectivity index (χ1n) is 6.88. The molecule has 116 valence electrons. The Labute approximate surface area is 124 Å². The van der Waals surface area contributed by atoms with E-state index in [2.05, 4.69) is 10.3 Å². The van der Waals surface area contributed by atoms with Crippen molar-refractivity contribution in [3.63, 3.8) is 0 Å². The van der Waals surface area contributed by atoms with E-state index in [1.165, 1.54) is 0 Å². The van der Waals surface area contributed by atoms with Crippen LogP contribution >= 0.6 is 0 Å². The third-order valence-corrected chi connectivity index (χ3v) is 3.04. The number of rotatable bonds is 9. The Balaban J connectivity index is 2.27. The van der Waals surface area contributed by atoms with Crippen LogP contribution in [0.2, 0.25) is 0 Å². The topological polar surface area (TPSA) is 83.6 Å². The van der Waals surface area contributed by atoms with Gasteiger partial charge in [0.15, 0.2) is 0 Å². The molecule has 0 aliphatic carbocycles. The van der Waals surface area contributed by atoms with Crippen LogP contribution in [0, 0.1) is 0 Å². The highest BCUT2D eigenvalue weighted by molar-refractivity contribution is 6.41. The van der Waals surface area contributed by atoms with Gasteiger partial charge < -0.3 is 19.9 Å². The first-order valence-corrected chi connectivity index (χ1v) is 6.88. The summed E-state index contributed by atoms with van der Waals surface area (Å²) in [6, 6.07) is 7.68. The molecule has 0 aliphatic rings. The zero-order valence-electron chi connectivity index (χ0n) is 12.5. The van der Waals surface area contributed by atoms with Crippen LogP contribution < -0.4 is 4.74 Å². The summed E-state index contributed by atoms with van der Waals surface area (Å²) >= 11 is 0. The normalized spacial score (nSPS) is 12.5. The van der Waals surface area contributed by atoms with Gasteiger partial charge >= 0.3 is 0 Å². The smallest absolute Gasteiger partial charge is 0.118 e. The third kappa shape index (κ3) is 5.83. The van der Waals surface area contributed by atoms with E-state index in [1.807, 2.05) is 31.2 Å². The molecular weight excluding hydrogens is 272 g/mol. The summed E-state index contributed by atoms with van der Waals surface area (Å²) in [5.41, 5.74) is 1.86. The fraction of sp³-hybridized carbons (Fsp3) is 0.467. The Kier molecular flexibility index (Phi) is 7.89. The molecule has 0 radical (unpaired) electrons. The molecule has 0 bridgehead atoms. The molecule has 0 amide bonds. The van der Waals surface area contributed by atoms with Crippen molar-refractivity contribution < 1.29 is 19.9 Å². The van der Waals surface area contributed by atoms with E-state index in [0.29, 0.717) is 43.9 Å². The van der Waals surface area contributed by atoms with E-state index < -0.39 is 0 Å². The van der Waals surface area contributed by atoms with Gasteiger partial charge in [-0.3, -0.25) is 0 Å². The molecule has 21 heavy (non-hydrogen) atoms. The SMILES string of the molecule is CCC(=N\O)/C(CCCOCc1ccc(OC)cc1)=N/O. The van der Waals surface area contributed by atoms with Crippen molar-refractivity contribution in [1.82, 2.24) is 0 Å². The van der Waals surface area contributed by atoms with Crippen LogP contribution in [0.5, 0.6) is 5.75 Å². The lowest BCUT2D eigenvalue weighted by Crippen LogP contribution is -2.14. The maximum Gasteiger partial charge on any atom is 0.118 e. The van der Waals surface area contributed by atoms with Gasteiger partial charge in [-0.2, -0.15) is 0 Å². The van der Waals surface area contributed by atoms with Crippen LogP contribution in [0.25, 0.3) is 0 Å². The highest BCUT2D eigenvalue weighted by Gasteiger charge is 2.08. The van der Waals surface area contributed by atoms with Gasteiger partial charge in [0.2, 0.25) is 0 Å². The van der Waals surface area contributed by atoms with Gasteiger partial charge in [-0.15, -0.1) is 0 Å². The molecule has 1 rings (SSSR count). The van der Waals surface area contributed by atoms with Crippen LogP contribution in [0.3, 0.4) is 0 Å². The van der Waals surface area contributed by atoms with Crippen molar-refractivity contribution in [2.45, 2.75) is 32.8 Å². The lowest BCUT2D eigenvalue weighted by molar-refractivity contribution is 0.119. The molecule has 0 fully saturated rings. The average Bonchev–Trinajstić information content (AvgIpc) is 2.54. The Morgan fingerprint density at radius 2 is 1.76 bits per heavy atom. The fourth-order valence-electron chi connectivity index (χ4n) is 1.84. The number of ether oxygens (including phenoxy) is 2. The lowest BCUT2D eigenvalue weighted by Gasteiger charge is -2.07. The maximum atomic E-state index is 8.89. The standard InChI is InChI=1S/C15H22N2O4/c1-3-14(16-18)15(17-19)5-4-10-21-11-12-6-8-13(20-2)9-7-12/h6-9,18-19H,3-5,10-11H2,1-2H3/b16-14+,17-15+. The molecular formula is C15H22N2O4. The molecule has 0 aliphatic heterocycles. The number of nitrogens with zero attached hydrogens (tertiary/aromatic N) is 2. The van der Waals surface area contributed by atoms with Crippen LogP contribution in [-0.4, -0.2) is 35.6 Å². The van der Waals surface area contributed by atoms with Crippen LogP contribution in [0.15, 0.2) is 34.6 Å². The molecule has 0 atom stereocenters. The number of benzene rings is 1. The van der Waals surface area contributed by atoms with Crippen molar-refractivity contribution in [3.8, 4) is 5.75 Å². The molecule has 1 aromatic rings. The van der Waals surface area contributed by atoms with Gasteiger partial charge in [-0.05, 0) is 37.0 Å². The molecule has 0 heterocycles. The number of hydrogen-bond donors (Lipinski definition) is 2. The van der Waals surface area contributed by atoms with E-state index in [4.69, 9.17) is 19.9 Å². The van der Waals surface area contributed by atoms with Gasteiger partial charge in [-0.25, -0.2) is 0 Å². The third-order valence-electron chi connectivity index (χ3n) is 3.04. The second-order valence-corrected chi connectivity index (χ2v) is 4.45. The van der Waals surface area contributed by atoms with Gasteiger partial charge in [0, 0.05) is 6.61 Å².